The zero-order valence-electron chi connectivity index (χ0n) is 28.4. The van der Waals surface area contributed by atoms with Crippen molar-refractivity contribution in [2.75, 3.05) is 0 Å². The van der Waals surface area contributed by atoms with Crippen LogP contribution >= 0.6 is 0 Å². The largest absolute Gasteiger partial charge is 0.455 e. The van der Waals surface area contributed by atoms with E-state index in [1.165, 1.54) is 16.7 Å². The Balaban J connectivity index is 1.06. The molecule has 0 saturated heterocycles. The Morgan fingerprint density at radius 2 is 1.32 bits per heavy atom. The van der Waals surface area contributed by atoms with Gasteiger partial charge in [0.1, 0.15) is 17.0 Å². The van der Waals surface area contributed by atoms with Gasteiger partial charge >= 0.3 is 0 Å². The van der Waals surface area contributed by atoms with Crippen molar-refractivity contribution in [3.63, 3.8) is 0 Å². The first kappa shape index (κ1) is 31.3. The SMILES string of the molecule is CC1(C2=CCC(C)(c3ccccc3)C=C2)C=CC(C(=N)/N=C(\N)c2ccc(-c3ccc(-c4ccccc4)cc3)c3oc4ccccc4c23)=CC1. The number of nitrogens with zero attached hydrogens (tertiary/aromatic N) is 1. The highest BCUT2D eigenvalue weighted by Crippen LogP contribution is 2.43. The maximum Gasteiger partial charge on any atom is 0.153 e. The predicted molar refractivity (Wildman–Crippen MR) is 209 cm³/mol. The fourth-order valence-corrected chi connectivity index (χ4v) is 7.30. The number of nitrogens with one attached hydrogen (secondary N) is 1. The summed E-state index contributed by atoms with van der Waals surface area (Å²) < 4.78 is 6.49. The number of aliphatic imine (C=N–C) groups is 1. The number of benzene rings is 5. The van der Waals surface area contributed by atoms with Crippen LogP contribution < -0.4 is 5.73 Å². The van der Waals surface area contributed by atoms with Crippen molar-refractivity contribution < 1.29 is 4.42 Å². The van der Waals surface area contributed by atoms with Gasteiger partial charge in [0, 0.05) is 38.3 Å². The molecule has 4 nitrogen and oxygen atoms in total. The molecule has 6 aromatic rings. The second-order valence-corrected chi connectivity index (χ2v) is 13.8. The van der Waals surface area contributed by atoms with Crippen molar-refractivity contribution in [3.8, 4) is 22.3 Å². The van der Waals surface area contributed by atoms with Gasteiger partial charge in [-0.25, -0.2) is 4.99 Å². The van der Waals surface area contributed by atoms with Gasteiger partial charge in [-0.2, -0.15) is 0 Å². The highest BCUT2D eigenvalue weighted by Gasteiger charge is 2.32. The van der Waals surface area contributed by atoms with E-state index in [2.05, 4.69) is 134 Å². The number of amidine groups is 2. The lowest BCUT2D eigenvalue weighted by molar-refractivity contribution is 0.507. The smallest absolute Gasteiger partial charge is 0.153 e. The third kappa shape index (κ3) is 5.63. The van der Waals surface area contributed by atoms with E-state index >= 15 is 0 Å². The van der Waals surface area contributed by atoms with Crippen LogP contribution in [-0.2, 0) is 5.41 Å². The first-order valence-corrected chi connectivity index (χ1v) is 17.2. The van der Waals surface area contributed by atoms with Crippen molar-refractivity contribution in [3.05, 3.63) is 180 Å². The molecule has 4 heteroatoms. The van der Waals surface area contributed by atoms with Gasteiger partial charge in [0.05, 0.1) is 0 Å². The molecule has 8 rings (SSSR count). The van der Waals surface area contributed by atoms with E-state index < -0.39 is 0 Å². The number of hydrogen-bond donors (Lipinski definition) is 2. The Kier molecular flexibility index (Phi) is 7.80. The van der Waals surface area contributed by atoms with Crippen LogP contribution in [0.3, 0.4) is 0 Å². The molecule has 2 atom stereocenters. The Labute approximate surface area is 293 Å². The topological polar surface area (TPSA) is 75.4 Å². The average molecular weight is 650 g/mol. The Morgan fingerprint density at radius 1 is 0.680 bits per heavy atom. The van der Waals surface area contributed by atoms with Gasteiger partial charge in [0.15, 0.2) is 5.84 Å². The monoisotopic (exact) mass is 649 g/mol. The highest BCUT2D eigenvalue weighted by molar-refractivity contribution is 6.22. The van der Waals surface area contributed by atoms with E-state index in [4.69, 9.17) is 15.6 Å². The summed E-state index contributed by atoms with van der Waals surface area (Å²) in [6.07, 6.45) is 15.1. The van der Waals surface area contributed by atoms with Gasteiger partial charge in [0.2, 0.25) is 0 Å². The predicted octanol–water partition coefficient (Wildman–Crippen LogP) is 11.3. The number of rotatable bonds is 6. The minimum Gasteiger partial charge on any atom is -0.455 e. The molecule has 0 fully saturated rings. The van der Waals surface area contributed by atoms with Crippen molar-refractivity contribution in [2.24, 2.45) is 16.1 Å². The molecule has 0 aliphatic heterocycles. The third-order valence-corrected chi connectivity index (χ3v) is 10.5. The zero-order chi connectivity index (χ0) is 34.3. The van der Waals surface area contributed by atoms with E-state index in [0.29, 0.717) is 5.84 Å². The van der Waals surface area contributed by atoms with Crippen LogP contribution in [-0.4, -0.2) is 11.7 Å². The van der Waals surface area contributed by atoms with Crippen molar-refractivity contribution in [1.82, 2.24) is 0 Å². The molecule has 0 amide bonds. The van der Waals surface area contributed by atoms with Crippen LogP contribution in [0.25, 0.3) is 44.2 Å². The minimum atomic E-state index is -0.148. The van der Waals surface area contributed by atoms with E-state index in [1.54, 1.807) is 0 Å². The van der Waals surface area contributed by atoms with Gasteiger partial charge in [-0.15, -0.1) is 0 Å². The molecule has 2 unspecified atom stereocenters. The Morgan fingerprint density at radius 3 is 2.02 bits per heavy atom. The lowest BCUT2D eigenvalue weighted by Crippen LogP contribution is -2.25. The van der Waals surface area contributed by atoms with Gasteiger partial charge in [-0.1, -0.05) is 153 Å². The molecule has 3 N–H and O–H groups in total. The number of para-hydroxylation sites is 1. The maximum atomic E-state index is 8.95. The summed E-state index contributed by atoms with van der Waals surface area (Å²) >= 11 is 0. The molecule has 0 bridgehead atoms. The molecule has 0 radical (unpaired) electrons. The summed E-state index contributed by atoms with van der Waals surface area (Å²) in [6, 6.07) is 41.7. The maximum absolute atomic E-state index is 8.95. The normalized spacial score (nSPS) is 20.6. The first-order valence-electron chi connectivity index (χ1n) is 17.2. The van der Waals surface area contributed by atoms with Crippen LogP contribution in [0.1, 0.15) is 37.8 Å². The lowest BCUT2D eigenvalue weighted by Gasteiger charge is -2.35. The summed E-state index contributed by atoms with van der Waals surface area (Å²) in [5, 5.41) is 10.8. The van der Waals surface area contributed by atoms with Crippen molar-refractivity contribution >= 4 is 33.6 Å². The number of allylic oxidation sites excluding steroid dienone is 6. The van der Waals surface area contributed by atoms with E-state index in [0.717, 1.165) is 62.6 Å². The van der Waals surface area contributed by atoms with Crippen LogP contribution in [0.15, 0.2) is 178 Å². The van der Waals surface area contributed by atoms with Crippen LogP contribution in [0, 0.1) is 10.8 Å². The number of fused-ring (bicyclic) bond motifs is 3. The molecule has 5 aromatic carbocycles. The Bertz CT molecular complexity index is 2410. The quantitative estimate of drug-likeness (QED) is 0.139. The minimum absolute atomic E-state index is 0.00814. The summed E-state index contributed by atoms with van der Waals surface area (Å²) in [6.45, 7) is 4.56. The number of nitrogens with two attached hydrogens (primary N) is 1. The molecule has 1 heterocycles. The molecule has 1 aromatic heterocycles. The number of furan rings is 1. The van der Waals surface area contributed by atoms with Gasteiger partial charge < -0.3 is 10.2 Å². The number of hydrogen-bond acceptors (Lipinski definition) is 2. The average Bonchev–Trinajstić information content (AvgIpc) is 3.55. The van der Waals surface area contributed by atoms with Gasteiger partial charge in [-0.05, 0) is 58.9 Å². The first-order chi connectivity index (χ1) is 24.3. The second kappa shape index (κ2) is 12.5. The molecule has 0 spiro atoms. The van der Waals surface area contributed by atoms with Crippen LogP contribution in [0.4, 0.5) is 0 Å². The van der Waals surface area contributed by atoms with Crippen molar-refractivity contribution in [2.45, 2.75) is 32.1 Å². The van der Waals surface area contributed by atoms with E-state index in [1.807, 2.05) is 42.5 Å². The lowest BCUT2D eigenvalue weighted by atomic mass is 9.69. The summed E-state index contributed by atoms with van der Waals surface area (Å²) in [5.41, 5.74) is 16.6. The van der Waals surface area contributed by atoms with Crippen LogP contribution in [0.5, 0.6) is 0 Å². The summed E-state index contributed by atoms with van der Waals surface area (Å²) in [5.74, 6) is 0.436. The standard InChI is InChI=1S/C46H39N3O/c1-45(36-25-29-46(2,30-26-36)35-13-7-4-8-14-35)27-23-34(24-28-45)43(47)49-44(48)39-22-21-37(42-41(39)38-15-9-10-16-40(38)50-42)33-19-17-32(18-20-33)31-11-5-3-6-12-31/h3-27,29H,28,30H2,1-2H3,(H3,47,48,49). The second-order valence-electron chi connectivity index (χ2n) is 13.8. The highest BCUT2D eigenvalue weighted by atomic mass is 16.3. The van der Waals surface area contributed by atoms with E-state index in [-0.39, 0.29) is 16.7 Å². The summed E-state index contributed by atoms with van der Waals surface area (Å²) in [7, 11) is 0. The molecular weight excluding hydrogens is 611 g/mol. The van der Waals surface area contributed by atoms with Crippen molar-refractivity contribution in [1.29, 1.82) is 5.41 Å². The third-order valence-electron chi connectivity index (χ3n) is 10.5. The fourth-order valence-electron chi connectivity index (χ4n) is 7.30. The van der Waals surface area contributed by atoms with Crippen LogP contribution in [0.2, 0.25) is 0 Å². The van der Waals surface area contributed by atoms with Gasteiger partial charge in [0.25, 0.3) is 0 Å². The zero-order valence-corrected chi connectivity index (χ0v) is 28.4. The fraction of sp³-hybridized carbons (Fsp3) is 0.130. The molecule has 244 valence electrons. The molecule has 2 aliphatic carbocycles. The molecule has 0 saturated carbocycles. The van der Waals surface area contributed by atoms with E-state index in [9.17, 15) is 0 Å². The molecule has 2 aliphatic rings. The molecular formula is C46H39N3O. The Hall–Kier alpha value is -6.00. The molecule has 50 heavy (non-hydrogen) atoms. The summed E-state index contributed by atoms with van der Waals surface area (Å²) in [4.78, 5) is 4.66. The van der Waals surface area contributed by atoms with Gasteiger partial charge in [-0.3, -0.25) is 5.41 Å².